The lowest BCUT2D eigenvalue weighted by molar-refractivity contribution is 0.0942. The van der Waals surface area contributed by atoms with Crippen molar-refractivity contribution in [3.63, 3.8) is 0 Å². The van der Waals surface area contributed by atoms with Crippen molar-refractivity contribution in [2.45, 2.75) is 33.6 Å². The lowest BCUT2D eigenvalue weighted by Crippen LogP contribution is -2.25. The Hall–Kier alpha value is -2.30. The molecule has 5 nitrogen and oxygen atoms in total. The molecule has 0 spiro atoms. The van der Waals surface area contributed by atoms with Gasteiger partial charge >= 0.3 is 0 Å². The van der Waals surface area contributed by atoms with Gasteiger partial charge in [-0.1, -0.05) is 38.1 Å². The van der Waals surface area contributed by atoms with Gasteiger partial charge in [0.2, 0.25) is 0 Å². The molecule has 124 valence electrons. The van der Waals surface area contributed by atoms with Crippen molar-refractivity contribution in [3.05, 3.63) is 36.0 Å². The topological polar surface area (TPSA) is 64.4 Å². The summed E-state index contributed by atoms with van der Waals surface area (Å²) in [6.07, 6.45) is 2.00. The van der Waals surface area contributed by atoms with Crippen molar-refractivity contribution in [2.75, 3.05) is 13.7 Å². The summed E-state index contributed by atoms with van der Waals surface area (Å²) in [5, 5.41) is 6.72. The first kappa shape index (κ1) is 17.1. The molecule has 0 saturated carbocycles. The Morgan fingerprint density at radius 2 is 2.09 bits per heavy atom. The van der Waals surface area contributed by atoms with E-state index >= 15 is 0 Å². The van der Waals surface area contributed by atoms with Crippen LogP contribution in [0.3, 0.4) is 0 Å². The Morgan fingerprint density at radius 1 is 1.30 bits per heavy atom. The van der Waals surface area contributed by atoms with Crippen molar-refractivity contribution in [3.8, 4) is 17.1 Å². The normalized spacial score (nSPS) is 11.3. The van der Waals surface area contributed by atoms with E-state index in [4.69, 9.17) is 9.26 Å². The summed E-state index contributed by atoms with van der Waals surface area (Å²) >= 11 is 0. The Bertz CT molecular complexity index is 656. The molecule has 2 aromatic rings. The van der Waals surface area contributed by atoms with Crippen molar-refractivity contribution >= 4 is 5.91 Å². The zero-order valence-electron chi connectivity index (χ0n) is 14.2. The fraction of sp³-hybridized carbons (Fsp3) is 0.444. The molecule has 0 unspecified atom stereocenters. The molecule has 23 heavy (non-hydrogen) atoms. The third kappa shape index (κ3) is 5.13. The largest absolute Gasteiger partial charge is 0.497 e. The maximum absolute atomic E-state index is 12.1. The number of methoxy groups -OCH3 is 1. The Balaban J connectivity index is 1.94. The van der Waals surface area contributed by atoms with Gasteiger partial charge in [0, 0.05) is 18.2 Å². The number of aromatic nitrogens is 1. The van der Waals surface area contributed by atoms with Gasteiger partial charge in [-0.2, -0.15) is 0 Å². The molecule has 1 N–H and O–H groups in total. The maximum atomic E-state index is 12.1. The quantitative estimate of drug-likeness (QED) is 0.821. The van der Waals surface area contributed by atoms with Gasteiger partial charge in [-0.05, 0) is 30.4 Å². The van der Waals surface area contributed by atoms with Gasteiger partial charge in [0.25, 0.3) is 5.91 Å². The second kappa shape index (κ2) is 7.31. The van der Waals surface area contributed by atoms with E-state index in [0.29, 0.717) is 18.0 Å². The van der Waals surface area contributed by atoms with E-state index in [0.717, 1.165) is 24.2 Å². The van der Waals surface area contributed by atoms with Gasteiger partial charge in [-0.3, -0.25) is 4.79 Å². The summed E-state index contributed by atoms with van der Waals surface area (Å²) in [6, 6.07) is 9.08. The highest BCUT2D eigenvalue weighted by atomic mass is 16.5. The van der Waals surface area contributed by atoms with Crippen LogP contribution in [0.15, 0.2) is 34.9 Å². The molecular formula is C18H24N2O3. The lowest BCUT2D eigenvalue weighted by Gasteiger charge is -2.17. The summed E-state index contributed by atoms with van der Waals surface area (Å²) in [6.45, 7) is 7.20. The molecule has 1 amide bonds. The smallest absolute Gasteiger partial charge is 0.273 e. The van der Waals surface area contributed by atoms with E-state index in [1.54, 1.807) is 13.2 Å². The minimum absolute atomic E-state index is 0.211. The van der Waals surface area contributed by atoms with Crippen LogP contribution in [0.4, 0.5) is 0 Å². The van der Waals surface area contributed by atoms with Crippen LogP contribution in [-0.4, -0.2) is 24.7 Å². The third-order valence-corrected chi connectivity index (χ3v) is 3.49. The van der Waals surface area contributed by atoms with Crippen LogP contribution in [0.2, 0.25) is 0 Å². The zero-order valence-corrected chi connectivity index (χ0v) is 14.2. The number of nitrogens with one attached hydrogen (secondary N) is 1. The lowest BCUT2D eigenvalue weighted by atomic mass is 9.91. The molecule has 0 radical (unpaired) electrons. The van der Waals surface area contributed by atoms with Crippen LogP contribution in [0.1, 0.15) is 44.1 Å². The molecule has 0 aliphatic heterocycles. The molecule has 0 atom stereocenters. The Labute approximate surface area is 137 Å². The Morgan fingerprint density at radius 3 is 2.78 bits per heavy atom. The van der Waals surface area contributed by atoms with Crippen molar-refractivity contribution in [1.29, 1.82) is 0 Å². The van der Waals surface area contributed by atoms with E-state index in [1.165, 1.54) is 0 Å². The predicted molar refractivity (Wildman–Crippen MR) is 89.5 cm³/mol. The number of ether oxygens (including phenoxy) is 1. The fourth-order valence-corrected chi connectivity index (χ4v) is 2.21. The summed E-state index contributed by atoms with van der Waals surface area (Å²) in [4.78, 5) is 12.1. The predicted octanol–water partition coefficient (Wildman–Crippen LogP) is 3.91. The van der Waals surface area contributed by atoms with E-state index < -0.39 is 0 Å². The van der Waals surface area contributed by atoms with Crippen molar-refractivity contribution in [1.82, 2.24) is 10.5 Å². The Kier molecular flexibility index (Phi) is 5.42. The zero-order chi connectivity index (χ0) is 16.9. The number of hydrogen-bond acceptors (Lipinski definition) is 4. The number of carbonyl (C=O) groups is 1. The van der Waals surface area contributed by atoms with Gasteiger partial charge < -0.3 is 14.6 Å². The van der Waals surface area contributed by atoms with Crippen molar-refractivity contribution in [2.24, 2.45) is 5.41 Å². The fourth-order valence-electron chi connectivity index (χ4n) is 2.21. The number of nitrogens with zero attached hydrogens (tertiary/aromatic N) is 1. The first-order valence-corrected chi connectivity index (χ1v) is 7.78. The van der Waals surface area contributed by atoms with Crippen LogP contribution in [0.25, 0.3) is 11.3 Å². The molecule has 0 saturated heterocycles. The summed E-state index contributed by atoms with van der Waals surface area (Å²) in [5.74, 6) is 1.06. The summed E-state index contributed by atoms with van der Waals surface area (Å²) in [5.41, 5.74) is 1.39. The van der Waals surface area contributed by atoms with Gasteiger partial charge in [-0.25, -0.2) is 0 Å². The number of benzene rings is 1. The highest BCUT2D eigenvalue weighted by Gasteiger charge is 2.14. The van der Waals surface area contributed by atoms with Crippen LogP contribution in [0, 0.1) is 5.41 Å². The number of carbonyl (C=O) groups excluding carboxylic acids is 1. The van der Waals surface area contributed by atoms with Crippen LogP contribution >= 0.6 is 0 Å². The molecule has 0 bridgehead atoms. The first-order chi connectivity index (χ1) is 10.9. The van der Waals surface area contributed by atoms with Gasteiger partial charge in [0.15, 0.2) is 11.5 Å². The molecule has 0 aliphatic rings. The second-order valence-corrected chi connectivity index (χ2v) is 6.73. The van der Waals surface area contributed by atoms with E-state index in [-0.39, 0.29) is 11.3 Å². The molecule has 0 fully saturated rings. The highest BCUT2D eigenvalue weighted by Crippen LogP contribution is 2.24. The average Bonchev–Trinajstić information content (AvgIpc) is 3.00. The van der Waals surface area contributed by atoms with Crippen LogP contribution in [0.5, 0.6) is 5.75 Å². The minimum atomic E-state index is -0.211. The standard InChI is InChI=1S/C18H24N2O3/c1-18(2,3)9-6-10-19-17(21)15-12-16(23-20-15)13-7-5-8-14(11-13)22-4/h5,7-8,11-12H,6,9-10H2,1-4H3,(H,19,21). The molecule has 5 heteroatoms. The summed E-state index contributed by atoms with van der Waals surface area (Å²) < 4.78 is 10.4. The number of amides is 1. The van der Waals surface area contributed by atoms with Crippen LogP contribution < -0.4 is 10.1 Å². The molecular weight excluding hydrogens is 292 g/mol. The van der Waals surface area contributed by atoms with Crippen molar-refractivity contribution < 1.29 is 14.1 Å². The molecule has 2 rings (SSSR count). The third-order valence-electron chi connectivity index (χ3n) is 3.49. The van der Waals surface area contributed by atoms with E-state index in [9.17, 15) is 4.79 Å². The monoisotopic (exact) mass is 316 g/mol. The summed E-state index contributed by atoms with van der Waals surface area (Å²) in [7, 11) is 1.61. The second-order valence-electron chi connectivity index (χ2n) is 6.73. The molecule has 0 aliphatic carbocycles. The SMILES string of the molecule is COc1cccc(-c2cc(C(=O)NCCCC(C)(C)C)no2)c1. The maximum Gasteiger partial charge on any atom is 0.273 e. The van der Waals surface area contributed by atoms with E-state index in [2.05, 4.69) is 31.2 Å². The van der Waals surface area contributed by atoms with Gasteiger partial charge in [0.1, 0.15) is 5.75 Å². The van der Waals surface area contributed by atoms with E-state index in [1.807, 2.05) is 24.3 Å². The van der Waals surface area contributed by atoms with Gasteiger partial charge in [-0.15, -0.1) is 0 Å². The highest BCUT2D eigenvalue weighted by molar-refractivity contribution is 5.93. The average molecular weight is 316 g/mol. The molecule has 1 heterocycles. The first-order valence-electron chi connectivity index (χ1n) is 7.78. The van der Waals surface area contributed by atoms with Crippen LogP contribution in [-0.2, 0) is 0 Å². The number of rotatable bonds is 6. The molecule has 1 aromatic carbocycles. The number of hydrogen-bond donors (Lipinski definition) is 1. The molecule has 1 aromatic heterocycles. The van der Waals surface area contributed by atoms with Gasteiger partial charge in [0.05, 0.1) is 7.11 Å². The minimum Gasteiger partial charge on any atom is -0.497 e.